The van der Waals surface area contributed by atoms with E-state index in [9.17, 15) is 9.59 Å². The number of halogens is 1. The summed E-state index contributed by atoms with van der Waals surface area (Å²) in [5, 5.41) is 2.72. The molecule has 1 saturated heterocycles. The van der Waals surface area contributed by atoms with E-state index >= 15 is 0 Å². The summed E-state index contributed by atoms with van der Waals surface area (Å²) in [6.45, 7) is 3.87. The van der Waals surface area contributed by atoms with Gasteiger partial charge in [-0.1, -0.05) is 29.3 Å². The maximum absolute atomic E-state index is 12.3. The maximum Gasteiger partial charge on any atom is 0.359 e. The quantitative estimate of drug-likeness (QED) is 0.781. The lowest BCUT2D eigenvalue weighted by Gasteiger charge is -2.26. The Kier molecular flexibility index (Phi) is 6.20. The summed E-state index contributed by atoms with van der Waals surface area (Å²) in [5.41, 5.74) is 1.63. The van der Waals surface area contributed by atoms with Crippen LogP contribution in [0.2, 0.25) is 5.02 Å². The van der Waals surface area contributed by atoms with Crippen LogP contribution in [0.1, 0.15) is 16.1 Å². The van der Waals surface area contributed by atoms with Crippen LogP contribution in [-0.2, 0) is 14.3 Å². The number of aromatic nitrogens is 2. The predicted molar refractivity (Wildman–Crippen MR) is 100 cm³/mol. The van der Waals surface area contributed by atoms with Crippen molar-refractivity contribution in [1.82, 2.24) is 9.97 Å². The monoisotopic (exact) mass is 390 g/mol. The first-order valence-corrected chi connectivity index (χ1v) is 8.79. The van der Waals surface area contributed by atoms with Crippen molar-refractivity contribution in [1.29, 1.82) is 0 Å². The predicted octanol–water partition coefficient (Wildman–Crippen LogP) is 2.07. The molecule has 0 radical (unpaired) electrons. The molecule has 0 atom stereocenters. The summed E-state index contributed by atoms with van der Waals surface area (Å²) in [5.74, 6) is -0.861. The normalized spacial score (nSPS) is 13.9. The fourth-order valence-corrected chi connectivity index (χ4v) is 2.62. The number of nitrogens with one attached hydrogen (secondary N) is 1. The molecule has 27 heavy (non-hydrogen) atoms. The Labute approximate surface area is 161 Å². The highest BCUT2D eigenvalue weighted by atomic mass is 35.5. The molecule has 142 valence electrons. The van der Waals surface area contributed by atoms with Gasteiger partial charge in [0.25, 0.3) is 5.91 Å². The molecule has 0 bridgehead atoms. The Balaban J connectivity index is 1.59. The summed E-state index contributed by atoms with van der Waals surface area (Å²) in [6, 6.07) is 7.28. The molecule has 1 aliphatic rings. The van der Waals surface area contributed by atoms with Crippen LogP contribution in [0.5, 0.6) is 0 Å². The summed E-state index contributed by atoms with van der Waals surface area (Å²) >= 11 is 6.02. The third-order valence-electron chi connectivity index (χ3n) is 3.89. The molecule has 2 heterocycles. The van der Waals surface area contributed by atoms with E-state index < -0.39 is 18.5 Å². The van der Waals surface area contributed by atoms with Crippen LogP contribution in [0.25, 0.3) is 0 Å². The van der Waals surface area contributed by atoms with Gasteiger partial charge in [-0.3, -0.25) is 4.79 Å². The molecule has 3 rings (SSSR count). The molecule has 0 aliphatic carbocycles. The van der Waals surface area contributed by atoms with Crippen molar-refractivity contribution in [2.75, 3.05) is 43.1 Å². The van der Waals surface area contributed by atoms with Crippen LogP contribution in [0, 0.1) is 6.92 Å². The minimum absolute atomic E-state index is 0.0657. The molecule has 0 unspecified atom stereocenters. The third-order valence-corrected chi connectivity index (χ3v) is 4.16. The Morgan fingerprint density at radius 3 is 2.67 bits per heavy atom. The van der Waals surface area contributed by atoms with Gasteiger partial charge in [-0.25, -0.2) is 14.8 Å². The first-order chi connectivity index (χ1) is 13.0. The van der Waals surface area contributed by atoms with Gasteiger partial charge in [0.05, 0.1) is 24.4 Å². The first kappa shape index (κ1) is 19.1. The minimum atomic E-state index is -0.782. The number of anilines is 2. The molecule has 1 aliphatic heterocycles. The second-order valence-electron chi connectivity index (χ2n) is 5.96. The standard InChI is InChI=1S/C18H19ClN4O4/c1-12-2-4-13(5-3-12)21-15(24)11-27-17(25)16-14(19)10-20-18(22-16)23-6-8-26-9-7-23/h2-5,10H,6-9,11H2,1H3,(H,21,24). The first-order valence-electron chi connectivity index (χ1n) is 8.42. The minimum Gasteiger partial charge on any atom is -0.451 e. The van der Waals surface area contributed by atoms with Crippen molar-refractivity contribution >= 4 is 35.1 Å². The zero-order valence-electron chi connectivity index (χ0n) is 14.8. The maximum atomic E-state index is 12.3. The van der Waals surface area contributed by atoms with E-state index in [-0.39, 0.29) is 10.7 Å². The van der Waals surface area contributed by atoms with Crippen molar-refractivity contribution in [2.24, 2.45) is 0 Å². The fourth-order valence-electron chi connectivity index (χ4n) is 2.45. The average Bonchev–Trinajstić information content (AvgIpc) is 2.69. The van der Waals surface area contributed by atoms with Crippen LogP contribution in [0.15, 0.2) is 30.5 Å². The summed E-state index contributed by atoms with van der Waals surface area (Å²) < 4.78 is 10.3. The number of rotatable bonds is 5. The Morgan fingerprint density at radius 2 is 1.96 bits per heavy atom. The van der Waals surface area contributed by atoms with Crippen LogP contribution >= 0.6 is 11.6 Å². The van der Waals surface area contributed by atoms with E-state index in [2.05, 4.69) is 15.3 Å². The lowest BCUT2D eigenvalue weighted by molar-refractivity contribution is -0.119. The highest BCUT2D eigenvalue weighted by Gasteiger charge is 2.20. The van der Waals surface area contributed by atoms with Crippen molar-refractivity contribution < 1.29 is 19.1 Å². The fraction of sp³-hybridized carbons (Fsp3) is 0.333. The van der Waals surface area contributed by atoms with Crippen molar-refractivity contribution in [3.63, 3.8) is 0 Å². The van der Waals surface area contributed by atoms with Crippen LogP contribution < -0.4 is 10.2 Å². The number of ether oxygens (including phenoxy) is 2. The molecule has 0 spiro atoms. The number of carbonyl (C=O) groups is 2. The van der Waals surface area contributed by atoms with Crippen LogP contribution in [0.4, 0.5) is 11.6 Å². The smallest absolute Gasteiger partial charge is 0.359 e. The lowest BCUT2D eigenvalue weighted by Crippen LogP contribution is -2.37. The summed E-state index contributed by atoms with van der Waals surface area (Å²) in [7, 11) is 0. The number of benzene rings is 1. The lowest BCUT2D eigenvalue weighted by atomic mass is 10.2. The van der Waals surface area contributed by atoms with Gasteiger partial charge in [0, 0.05) is 18.8 Å². The van der Waals surface area contributed by atoms with Gasteiger partial charge in [0.2, 0.25) is 5.95 Å². The molecule has 2 aromatic rings. The van der Waals surface area contributed by atoms with Gasteiger partial charge in [0.15, 0.2) is 12.3 Å². The molecule has 1 aromatic heterocycles. The average molecular weight is 391 g/mol. The van der Waals surface area contributed by atoms with Gasteiger partial charge >= 0.3 is 5.97 Å². The molecule has 1 aromatic carbocycles. The van der Waals surface area contributed by atoms with Gasteiger partial charge in [-0.15, -0.1) is 0 Å². The van der Waals surface area contributed by atoms with Gasteiger partial charge in [0.1, 0.15) is 0 Å². The Hall–Kier alpha value is -2.71. The molecule has 0 saturated carbocycles. The number of amides is 1. The molecule has 8 nitrogen and oxygen atoms in total. The van der Waals surface area contributed by atoms with Crippen molar-refractivity contribution in [2.45, 2.75) is 6.92 Å². The zero-order chi connectivity index (χ0) is 19.2. The van der Waals surface area contributed by atoms with E-state index in [0.29, 0.717) is 37.9 Å². The molecular weight excluding hydrogens is 372 g/mol. The van der Waals surface area contributed by atoms with Crippen LogP contribution in [0.3, 0.4) is 0 Å². The molecule has 9 heteroatoms. The number of hydrogen-bond donors (Lipinski definition) is 1. The topological polar surface area (TPSA) is 93.6 Å². The van der Waals surface area contributed by atoms with E-state index in [0.717, 1.165) is 5.56 Å². The summed E-state index contributed by atoms with van der Waals surface area (Å²) in [4.78, 5) is 34.5. The molecule has 1 amide bonds. The number of aryl methyl sites for hydroxylation is 1. The molecular formula is C18H19ClN4O4. The second-order valence-corrected chi connectivity index (χ2v) is 6.36. The zero-order valence-corrected chi connectivity index (χ0v) is 15.5. The molecule has 1 N–H and O–H groups in total. The third kappa shape index (κ3) is 5.15. The highest BCUT2D eigenvalue weighted by molar-refractivity contribution is 6.33. The molecule has 1 fully saturated rings. The van der Waals surface area contributed by atoms with E-state index in [4.69, 9.17) is 21.1 Å². The number of hydrogen-bond acceptors (Lipinski definition) is 7. The van der Waals surface area contributed by atoms with E-state index in [1.165, 1.54) is 6.20 Å². The van der Waals surface area contributed by atoms with Crippen molar-refractivity contribution in [3.05, 3.63) is 46.7 Å². The SMILES string of the molecule is Cc1ccc(NC(=O)COC(=O)c2nc(N3CCOCC3)ncc2Cl)cc1. The van der Waals surface area contributed by atoms with Gasteiger partial charge < -0.3 is 19.7 Å². The van der Waals surface area contributed by atoms with Gasteiger partial charge in [-0.2, -0.15) is 0 Å². The Bertz CT molecular complexity index is 823. The second kappa shape index (κ2) is 8.79. The number of morpholine rings is 1. The largest absolute Gasteiger partial charge is 0.451 e. The number of nitrogens with zero attached hydrogens (tertiary/aromatic N) is 3. The summed E-state index contributed by atoms with van der Waals surface area (Å²) in [6.07, 6.45) is 1.35. The van der Waals surface area contributed by atoms with Crippen LogP contribution in [-0.4, -0.2) is 54.8 Å². The van der Waals surface area contributed by atoms with Gasteiger partial charge in [-0.05, 0) is 19.1 Å². The highest BCUT2D eigenvalue weighted by Crippen LogP contribution is 2.18. The van der Waals surface area contributed by atoms with Crippen molar-refractivity contribution in [3.8, 4) is 0 Å². The Morgan fingerprint density at radius 1 is 1.26 bits per heavy atom. The van der Waals surface area contributed by atoms with E-state index in [1.54, 1.807) is 12.1 Å². The van der Waals surface area contributed by atoms with E-state index in [1.807, 2.05) is 24.0 Å². The number of carbonyl (C=O) groups excluding carboxylic acids is 2. The number of esters is 1.